The van der Waals surface area contributed by atoms with Crippen LogP contribution in [0.1, 0.15) is 11.1 Å². The van der Waals surface area contributed by atoms with Gasteiger partial charge in [0.25, 0.3) is 0 Å². The Morgan fingerprint density at radius 1 is 1.38 bits per heavy atom. The molecule has 72 valence electrons. The van der Waals surface area contributed by atoms with Crippen LogP contribution in [0.25, 0.3) is 0 Å². The van der Waals surface area contributed by atoms with Crippen LogP contribution in [0, 0.1) is 0 Å². The number of hydrogen-bond acceptors (Lipinski definition) is 2. The third-order valence-electron chi connectivity index (χ3n) is 2.32. The molecule has 1 aromatic carbocycles. The molecular weight excluding hydrogens is 186 g/mol. The fourth-order valence-corrected chi connectivity index (χ4v) is 1.69. The molecule has 0 atom stereocenters. The van der Waals surface area contributed by atoms with Crippen molar-refractivity contribution < 1.29 is 4.74 Å². The lowest BCUT2D eigenvalue weighted by Gasteiger charge is -2.19. The van der Waals surface area contributed by atoms with Crippen LogP contribution in [0.15, 0.2) is 18.2 Å². The summed E-state index contributed by atoms with van der Waals surface area (Å²) in [5.74, 6) is 1.04. The Morgan fingerprint density at radius 3 is 3.00 bits per heavy atom. The monoisotopic (exact) mass is 199 g/mol. The second-order valence-electron chi connectivity index (χ2n) is 3.02. The Kier molecular flexibility index (Phi) is 3.58. The Labute approximate surface area is 84.7 Å². The SMILES string of the molecule is COc1cccc2c1CCNC2.Cl. The Bertz CT molecular complexity index is 274. The zero-order chi connectivity index (χ0) is 8.39. The zero-order valence-corrected chi connectivity index (χ0v) is 8.49. The molecule has 0 radical (unpaired) electrons. The van der Waals surface area contributed by atoms with Crippen LogP contribution in [0.2, 0.25) is 0 Å². The number of methoxy groups -OCH3 is 1. The molecule has 0 spiro atoms. The maximum Gasteiger partial charge on any atom is 0.122 e. The predicted molar refractivity (Wildman–Crippen MR) is 55.7 cm³/mol. The van der Waals surface area contributed by atoms with E-state index < -0.39 is 0 Å². The molecule has 0 bridgehead atoms. The van der Waals surface area contributed by atoms with E-state index in [4.69, 9.17) is 4.74 Å². The number of halogens is 1. The molecular formula is C10H14ClNO. The molecule has 0 aromatic heterocycles. The topological polar surface area (TPSA) is 21.3 Å². The van der Waals surface area contributed by atoms with Crippen LogP contribution >= 0.6 is 12.4 Å². The second kappa shape index (κ2) is 4.49. The highest BCUT2D eigenvalue weighted by atomic mass is 35.5. The highest BCUT2D eigenvalue weighted by Gasteiger charge is 2.11. The van der Waals surface area contributed by atoms with Gasteiger partial charge in [0.2, 0.25) is 0 Å². The highest BCUT2D eigenvalue weighted by molar-refractivity contribution is 5.85. The van der Waals surface area contributed by atoms with Gasteiger partial charge in [-0.2, -0.15) is 0 Å². The van der Waals surface area contributed by atoms with E-state index in [0.29, 0.717) is 0 Å². The van der Waals surface area contributed by atoms with E-state index >= 15 is 0 Å². The molecule has 0 amide bonds. The molecule has 2 rings (SSSR count). The van der Waals surface area contributed by atoms with E-state index in [2.05, 4.69) is 11.4 Å². The lowest BCUT2D eigenvalue weighted by Crippen LogP contribution is -2.23. The molecule has 3 heteroatoms. The van der Waals surface area contributed by atoms with Crippen molar-refractivity contribution in [1.29, 1.82) is 0 Å². The van der Waals surface area contributed by atoms with Gasteiger partial charge in [0.1, 0.15) is 5.75 Å². The summed E-state index contributed by atoms with van der Waals surface area (Å²) >= 11 is 0. The number of ether oxygens (including phenoxy) is 1. The van der Waals surface area contributed by atoms with Gasteiger partial charge in [-0.25, -0.2) is 0 Å². The fraction of sp³-hybridized carbons (Fsp3) is 0.400. The van der Waals surface area contributed by atoms with Crippen molar-refractivity contribution in [2.75, 3.05) is 13.7 Å². The van der Waals surface area contributed by atoms with Gasteiger partial charge < -0.3 is 10.1 Å². The lowest BCUT2D eigenvalue weighted by molar-refractivity contribution is 0.406. The normalized spacial score (nSPS) is 14.2. The predicted octanol–water partition coefficient (Wildman–Crippen LogP) is 1.76. The second-order valence-corrected chi connectivity index (χ2v) is 3.02. The van der Waals surface area contributed by atoms with Gasteiger partial charge in [0.05, 0.1) is 7.11 Å². The number of benzene rings is 1. The smallest absolute Gasteiger partial charge is 0.122 e. The Balaban J connectivity index is 0.000000845. The van der Waals surface area contributed by atoms with E-state index in [1.54, 1.807) is 7.11 Å². The minimum absolute atomic E-state index is 0. The average Bonchev–Trinajstić information content (AvgIpc) is 2.17. The van der Waals surface area contributed by atoms with E-state index in [1.807, 2.05) is 12.1 Å². The molecule has 0 saturated heterocycles. The quantitative estimate of drug-likeness (QED) is 0.745. The van der Waals surface area contributed by atoms with Gasteiger partial charge in [-0.05, 0) is 30.2 Å². The van der Waals surface area contributed by atoms with Crippen LogP contribution < -0.4 is 10.1 Å². The van der Waals surface area contributed by atoms with Crippen molar-refractivity contribution in [2.45, 2.75) is 13.0 Å². The van der Waals surface area contributed by atoms with E-state index in [1.165, 1.54) is 11.1 Å². The molecule has 1 aromatic rings. The van der Waals surface area contributed by atoms with E-state index in [0.717, 1.165) is 25.3 Å². The van der Waals surface area contributed by atoms with Crippen LogP contribution in [0.5, 0.6) is 5.75 Å². The van der Waals surface area contributed by atoms with Gasteiger partial charge in [-0.15, -0.1) is 12.4 Å². The fourth-order valence-electron chi connectivity index (χ4n) is 1.69. The third kappa shape index (κ3) is 1.95. The summed E-state index contributed by atoms with van der Waals surface area (Å²) in [5.41, 5.74) is 2.75. The van der Waals surface area contributed by atoms with Crippen LogP contribution in [0.4, 0.5) is 0 Å². The first-order chi connectivity index (χ1) is 5.92. The summed E-state index contributed by atoms with van der Waals surface area (Å²) in [4.78, 5) is 0. The average molecular weight is 200 g/mol. The molecule has 13 heavy (non-hydrogen) atoms. The first-order valence-electron chi connectivity index (χ1n) is 4.27. The van der Waals surface area contributed by atoms with Gasteiger partial charge >= 0.3 is 0 Å². The van der Waals surface area contributed by atoms with Crippen molar-refractivity contribution in [3.63, 3.8) is 0 Å². The number of rotatable bonds is 1. The minimum atomic E-state index is 0. The first-order valence-corrected chi connectivity index (χ1v) is 4.27. The van der Waals surface area contributed by atoms with Gasteiger partial charge in [-0.3, -0.25) is 0 Å². The van der Waals surface area contributed by atoms with E-state index in [9.17, 15) is 0 Å². The van der Waals surface area contributed by atoms with Crippen molar-refractivity contribution >= 4 is 12.4 Å². The Hall–Kier alpha value is -0.730. The van der Waals surface area contributed by atoms with Gasteiger partial charge in [-0.1, -0.05) is 12.1 Å². The van der Waals surface area contributed by atoms with Crippen molar-refractivity contribution in [2.24, 2.45) is 0 Å². The van der Waals surface area contributed by atoms with Crippen LogP contribution in [-0.4, -0.2) is 13.7 Å². The highest BCUT2D eigenvalue weighted by Crippen LogP contribution is 2.24. The summed E-state index contributed by atoms with van der Waals surface area (Å²) in [5, 5.41) is 3.34. The standard InChI is InChI=1S/C10H13NO.ClH/c1-12-10-4-2-3-8-7-11-6-5-9(8)10;/h2-4,11H,5-7H2,1H3;1H. The minimum Gasteiger partial charge on any atom is -0.496 e. The van der Waals surface area contributed by atoms with Gasteiger partial charge in [0.15, 0.2) is 0 Å². The lowest BCUT2D eigenvalue weighted by atomic mass is 10.0. The number of fused-ring (bicyclic) bond motifs is 1. The molecule has 1 heterocycles. The molecule has 0 fully saturated rings. The van der Waals surface area contributed by atoms with Crippen molar-refractivity contribution in [3.05, 3.63) is 29.3 Å². The first kappa shape index (κ1) is 10.4. The van der Waals surface area contributed by atoms with Crippen molar-refractivity contribution in [3.8, 4) is 5.75 Å². The summed E-state index contributed by atoms with van der Waals surface area (Å²) < 4.78 is 5.28. The molecule has 0 aliphatic carbocycles. The summed E-state index contributed by atoms with van der Waals surface area (Å²) in [7, 11) is 1.73. The molecule has 1 aliphatic rings. The summed E-state index contributed by atoms with van der Waals surface area (Å²) in [6.07, 6.45) is 1.08. The Morgan fingerprint density at radius 2 is 2.23 bits per heavy atom. The zero-order valence-electron chi connectivity index (χ0n) is 7.67. The van der Waals surface area contributed by atoms with E-state index in [-0.39, 0.29) is 12.4 Å². The molecule has 0 saturated carbocycles. The van der Waals surface area contributed by atoms with Crippen molar-refractivity contribution in [1.82, 2.24) is 5.32 Å². The number of nitrogens with one attached hydrogen (secondary N) is 1. The van der Waals surface area contributed by atoms with Crippen LogP contribution in [-0.2, 0) is 13.0 Å². The third-order valence-corrected chi connectivity index (χ3v) is 2.32. The number of hydrogen-bond donors (Lipinski definition) is 1. The molecule has 1 aliphatic heterocycles. The summed E-state index contributed by atoms with van der Waals surface area (Å²) in [6, 6.07) is 6.23. The molecule has 1 N–H and O–H groups in total. The maximum atomic E-state index is 5.28. The maximum absolute atomic E-state index is 5.28. The molecule has 2 nitrogen and oxygen atoms in total. The van der Waals surface area contributed by atoms with Crippen LogP contribution in [0.3, 0.4) is 0 Å². The molecule has 0 unspecified atom stereocenters. The summed E-state index contributed by atoms with van der Waals surface area (Å²) in [6.45, 7) is 2.04. The van der Waals surface area contributed by atoms with Gasteiger partial charge in [0, 0.05) is 6.54 Å². The largest absolute Gasteiger partial charge is 0.496 e.